The Balaban J connectivity index is 1.48. The SMILES string of the molecule is Cc1nc(-c2ccccc2)sc1C(=O)Nc1ncn(Cc2ccccc2)n1. The number of carbonyl (C=O) groups excluding carboxylic acids is 1. The molecule has 0 unspecified atom stereocenters. The summed E-state index contributed by atoms with van der Waals surface area (Å²) < 4.78 is 1.69. The number of aromatic nitrogens is 4. The van der Waals surface area contributed by atoms with Crippen molar-refractivity contribution in [2.75, 3.05) is 5.32 Å². The highest BCUT2D eigenvalue weighted by Crippen LogP contribution is 2.28. The van der Waals surface area contributed by atoms with E-state index in [0.717, 1.165) is 16.1 Å². The lowest BCUT2D eigenvalue weighted by Crippen LogP contribution is -2.13. The van der Waals surface area contributed by atoms with E-state index in [-0.39, 0.29) is 11.9 Å². The number of nitrogens with one attached hydrogen (secondary N) is 1. The van der Waals surface area contributed by atoms with Gasteiger partial charge in [-0.2, -0.15) is 0 Å². The van der Waals surface area contributed by atoms with Gasteiger partial charge in [0.15, 0.2) is 0 Å². The number of aryl methyl sites for hydroxylation is 1. The summed E-state index contributed by atoms with van der Waals surface area (Å²) in [6.07, 6.45) is 1.61. The van der Waals surface area contributed by atoms with Gasteiger partial charge in [-0.25, -0.2) is 14.6 Å². The van der Waals surface area contributed by atoms with Crippen molar-refractivity contribution in [2.45, 2.75) is 13.5 Å². The number of hydrogen-bond donors (Lipinski definition) is 1. The number of anilines is 1. The molecule has 2 aromatic carbocycles. The van der Waals surface area contributed by atoms with Crippen LogP contribution in [0.4, 0.5) is 5.95 Å². The highest BCUT2D eigenvalue weighted by atomic mass is 32.1. The third kappa shape index (κ3) is 3.93. The molecule has 7 heteroatoms. The molecule has 0 saturated heterocycles. The molecule has 1 amide bonds. The largest absolute Gasteiger partial charge is 0.288 e. The number of rotatable bonds is 5. The van der Waals surface area contributed by atoms with E-state index in [1.165, 1.54) is 11.3 Å². The highest BCUT2D eigenvalue weighted by Gasteiger charge is 2.17. The van der Waals surface area contributed by atoms with E-state index >= 15 is 0 Å². The first-order valence-electron chi connectivity index (χ1n) is 8.46. The molecule has 0 aliphatic rings. The predicted octanol–water partition coefficient (Wildman–Crippen LogP) is 4.01. The zero-order valence-electron chi connectivity index (χ0n) is 14.7. The van der Waals surface area contributed by atoms with Crippen molar-refractivity contribution in [1.82, 2.24) is 19.7 Å². The third-order valence-electron chi connectivity index (χ3n) is 3.97. The van der Waals surface area contributed by atoms with Crippen molar-refractivity contribution in [3.8, 4) is 10.6 Å². The van der Waals surface area contributed by atoms with Crippen LogP contribution in [0.25, 0.3) is 10.6 Å². The first-order valence-corrected chi connectivity index (χ1v) is 9.28. The quantitative estimate of drug-likeness (QED) is 0.572. The second-order valence-electron chi connectivity index (χ2n) is 6.01. The Morgan fingerprint density at radius 1 is 1.07 bits per heavy atom. The van der Waals surface area contributed by atoms with Crippen LogP contribution in [0, 0.1) is 6.92 Å². The molecule has 0 aliphatic heterocycles. The van der Waals surface area contributed by atoms with Gasteiger partial charge in [-0.1, -0.05) is 60.7 Å². The minimum Gasteiger partial charge on any atom is -0.288 e. The summed E-state index contributed by atoms with van der Waals surface area (Å²) in [6.45, 7) is 2.43. The Labute approximate surface area is 160 Å². The fourth-order valence-corrected chi connectivity index (χ4v) is 3.64. The molecule has 1 N–H and O–H groups in total. The van der Waals surface area contributed by atoms with Crippen LogP contribution in [0.5, 0.6) is 0 Å². The molecule has 134 valence electrons. The van der Waals surface area contributed by atoms with Crippen molar-refractivity contribution >= 4 is 23.2 Å². The topological polar surface area (TPSA) is 72.7 Å². The molecule has 6 nitrogen and oxygen atoms in total. The summed E-state index contributed by atoms with van der Waals surface area (Å²) in [5.74, 6) is 0.0367. The van der Waals surface area contributed by atoms with Crippen LogP contribution in [-0.2, 0) is 6.54 Å². The number of benzene rings is 2. The second-order valence-corrected chi connectivity index (χ2v) is 7.00. The van der Waals surface area contributed by atoms with Crippen molar-refractivity contribution in [3.63, 3.8) is 0 Å². The van der Waals surface area contributed by atoms with Crippen LogP contribution in [0.3, 0.4) is 0 Å². The molecular formula is C20H17N5OS. The molecule has 0 atom stereocenters. The zero-order chi connectivity index (χ0) is 18.6. The van der Waals surface area contributed by atoms with Gasteiger partial charge < -0.3 is 0 Å². The van der Waals surface area contributed by atoms with E-state index in [2.05, 4.69) is 20.4 Å². The van der Waals surface area contributed by atoms with E-state index in [1.54, 1.807) is 11.0 Å². The Morgan fingerprint density at radius 2 is 1.78 bits per heavy atom. The maximum atomic E-state index is 12.6. The second kappa shape index (κ2) is 7.51. The molecule has 0 fully saturated rings. The first-order chi connectivity index (χ1) is 13.2. The molecular weight excluding hydrogens is 358 g/mol. The van der Waals surface area contributed by atoms with Crippen LogP contribution in [0.2, 0.25) is 0 Å². The summed E-state index contributed by atoms with van der Waals surface area (Å²) in [5.41, 5.74) is 2.81. The molecule has 0 spiro atoms. The Kier molecular flexibility index (Phi) is 4.76. The summed E-state index contributed by atoms with van der Waals surface area (Å²) in [5, 5.41) is 7.90. The molecule has 0 saturated carbocycles. The number of hydrogen-bond acceptors (Lipinski definition) is 5. The summed E-state index contributed by atoms with van der Waals surface area (Å²) in [7, 11) is 0. The molecule has 27 heavy (non-hydrogen) atoms. The smallest absolute Gasteiger partial charge is 0.270 e. The molecule has 2 aromatic heterocycles. The lowest BCUT2D eigenvalue weighted by molar-refractivity contribution is 0.102. The van der Waals surface area contributed by atoms with E-state index in [9.17, 15) is 4.79 Å². The van der Waals surface area contributed by atoms with E-state index in [1.807, 2.05) is 67.6 Å². The van der Waals surface area contributed by atoms with Gasteiger partial charge in [0.2, 0.25) is 5.95 Å². The third-order valence-corrected chi connectivity index (χ3v) is 5.18. The average molecular weight is 375 g/mol. The predicted molar refractivity (Wildman–Crippen MR) is 106 cm³/mol. The van der Waals surface area contributed by atoms with Gasteiger partial charge in [0.1, 0.15) is 16.2 Å². The van der Waals surface area contributed by atoms with E-state index < -0.39 is 0 Å². The average Bonchev–Trinajstić information content (AvgIpc) is 3.29. The van der Waals surface area contributed by atoms with Crippen LogP contribution in [-0.4, -0.2) is 25.7 Å². The summed E-state index contributed by atoms with van der Waals surface area (Å²) >= 11 is 1.36. The van der Waals surface area contributed by atoms with Crippen molar-refractivity contribution in [2.24, 2.45) is 0 Å². The monoisotopic (exact) mass is 375 g/mol. The number of nitrogens with zero attached hydrogens (tertiary/aromatic N) is 4. The van der Waals surface area contributed by atoms with Crippen LogP contribution >= 0.6 is 11.3 Å². The minimum atomic E-state index is -0.246. The first kappa shape index (κ1) is 17.1. The molecule has 4 aromatic rings. The van der Waals surface area contributed by atoms with Gasteiger partial charge in [0.05, 0.1) is 12.2 Å². The van der Waals surface area contributed by atoms with Crippen molar-refractivity contribution < 1.29 is 4.79 Å². The standard InChI is InChI=1S/C20H17N5OS/c1-14-17(27-19(22-14)16-10-6-3-7-11-16)18(26)23-20-21-13-25(24-20)12-15-8-4-2-5-9-15/h2-11,13H,12H2,1H3,(H,23,24,26). The van der Waals surface area contributed by atoms with Gasteiger partial charge in [-0.3, -0.25) is 10.1 Å². The van der Waals surface area contributed by atoms with Crippen molar-refractivity contribution in [1.29, 1.82) is 0 Å². The molecule has 2 heterocycles. The number of thiazole rings is 1. The lowest BCUT2D eigenvalue weighted by atomic mass is 10.2. The Bertz CT molecular complexity index is 1060. The van der Waals surface area contributed by atoms with Gasteiger partial charge in [-0.05, 0) is 12.5 Å². The summed E-state index contributed by atoms with van der Waals surface area (Å²) in [4.78, 5) is 21.9. The molecule has 0 radical (unpaired) electrons. The van der Waals surface area contributed by atoms with Crippen LogP contribution < -0.4 is 5.32 Å². The Morgan fingerprint density at radius 3 is 2.52 bits per heavy atom. The van der Waals surface area contributed by atoms with Crippen LogP contribution in [0.1, 0.15) is 20.9 Å². The molecule has 0 bridgehead atoms. The van der Waals surface area contributed by atoms with E-state index in [0.29, 0.717) is 17.1 Å². The van der Waals surface area contributed by atoms with Gasteiger partial charge in [0, 0.05) is 5.56 Å². The lowest BCUT2D eigenvalue weighted by Gasteiger charge is -2.01. The maximum absolute atomic E-state index is 12.6. The van der Waals surface area contributed by atoms with E-state index in [4.69, 9.17) is 0 Å². The minimum absolute atomic E-state index is 0.246. The maximum Gasteiger partial charge on any atom is 0.270 e. The fourth-order valence-electron chi connectivity index (χ4n) is 2.67. The number of amides is 1. The van der Waals surface area contributed by atoms with Gasteiger partial charge in [0.25, 0.3) is 5.91 Å². The van der Waals surface area contributed by atoms with Gasteiger partial charge in [-0.15, -0.1) is 16.4 Å². The fraction of sp³-hybridized carbons (Fsp3) is 0.100. The van der Waals surface area contributed by atoms with Crippen molar-refractivity contribution in [3.05, 3.63) is 83.1 Å². The number of carbonyl (C=O) groups is 1. The zero-order valence-corrected chi connectivity index (χ0v) is 15.5. The summed E-state index contributed by atoms with van der Waals surface area (Å²) in [6, 6.07) is 19.8. The van der Waals surface area contributed by atoms with Gasteiger partial charge >= 0.3 is 0 Å². The highest BCUT2D eigenvalue weighted by molar-refractivity contribution is 7.17. The van der Waals surface area contributed by atoms with Crippen LogP contribution in [0.15, 0.2) is 67.0 Å². The Hall–Kier alpha value is -3.32. The molecule has 4 rings (SSSR count). The normalized spacial score (nSPS) is 10.7. The molecule has 0 aliphatic carbocycles.